The average Bonchev–Trinajstić information content (AvgIpc) is 2.41. The standard InChI is InChI=1S/C14H12ClN3/c15-12-3-1-11(2-4-12)5-7-17-13-6-8-18-14(9-13)10-16/h1-4,6,8-9H,5,7H2,(H,17,18). The van der Waals surface area contributed by atoms with Crippen molar-refractivity contribution < 1.29 is 0 Å². The summed E-state index contributed by atoms with van der Waals surface area (Å²) in [4.78, 5) is 3.92. The first-order valence-electron chi connectivity index (χ1n) is 5.62. The minimum atomic E-state index is 0.423. The molecule has 2 aromatic rings. The van der Waals surface area contributed by atoms with Crippen LogP contribution in [-0.4, -0.2) is 11.5 Å². The lowest BCUT2D eigenvalue weighted by molar-refractivity contribution is 1.02. The van der Waals surface area contributed by atoms with Gasteiger partial charge in [-0.15, -0.1) is 0 Å². The molecule has 1 aromatic carbocycles. The van der Waals surface area contributed by atoms with Crippen LogP contribution in [0.4, 0.5) is 5.69 Å². The maximum atomic E-state index is 8.74. The molecule has 0 bridgehead atoms. The van der Waals surface area contributed by atoms with Crippen LogP contribution in [0.2, 0.25) is 5.02 Å². The Balaban J connectivity index is 1.88. The lowest BCUT2D eigenvalue weighted by Gasteiger charge is -2.06. The van der Waals surface area contributed by atoms with Crippen molar-refractivity contribution in [2.75, 3.05) is 11.9 Å². The molecule has 3 nitrogen and oxygen atoms in total. The number of halogens is 1. The number of benzene rings is 1. The smallest absolute Gasteiger partial charge is 0.142 e. The van der Waals surface area contributed by atoms with E-state index in [2.05, 4.69) is 10.3 Å². The molecule has 0 atom stereocenters. The summed E-state index contributed by atoms with van der Waals surface area (Å²) < 4.78 is 0. The molecule has 4 heteroatoms. The van der Waals surface area contributed by atoms with Gasteiger partial charge in [-0.1, -0.05) is 23.7 Å². The van der Waals surface area contributed by atoms with Gasteiger partial charge in [0.15, 0.2) is 0 Å². The van der Waals surface area contributed by atoms with Gasteiger partial charge in [-0.25, -0.2) is 4.98 Å². The molecular weight excluding hydrogens is 246 g/mol. The number of hydrogen-bond acceptors (Lipinski definition) is 3. The van der Waals surface area contributed by atoms with Crippen molar-refractivity contribution >= 4 is 17.3 Å². The zero-order valence-electron chi connectivity index (χ0n) is 9.73. The van der Waals surface area contributed by atoms with Crippen molar-refractivity contribution in [3.05, 3.63) is 58.9 Å². The molecule has 0 unspecified atom stereocenters. The van der Waals surface area contributed by atoms with Crippen LogP contribution in [0.15, 0.2) is 42.6 Å². The highest BCUT2D eigenvalue weighted by Crippen LogP contribution is 2.11. The predicted molar refractivity (Wildman–Crippen MR) is 72.6 cm³/mol. The van der Waals surface area contributed by atoms with Crippen molar-refractivity contribution in [3.8, 4) is 6.07 Å². The molecular formula is C14H12ClN3. The van der Waals surface area contributed by atoms with Gasteiger partial charge in [-0.05, 0) is 36.2 Å². The van der Waals surface area contributed by atoms with Crippen molar-refractivity contribution in [2.45, 2.75) is 6.42 Å². The highest BCUT2D eigenvalue weighted by Gasteiger charge is 1.97. The van der Waals surface area contributed by atoms with E-state index in [1.165, 1.54) is 5.56 Å². The van der Waals surface area contributed by atoms with Crippen molar-refractivity contribution in [3.63, 3.8) is 0 Å². The van der Waals surface area contributed by atoms with Gasteiger partial charge >= 0.3 is 0 Å². The number of nitrogens with zero attached hydrogens (tertiary/aromatic N) is 2. The highest BCUT2D eigenvalue weighted by atomic mass is 35.5. The van der Waals surface area contributed by atoms with Crippen molar-refractivity contribution in [1.29, 1.82) is 5.26 Å². The van der Waals surface area contributed by atoms with Crippen molar-refractivity contribution in [1.82, 2.24) is 4.98 Å². The van der Waals surface area contributed by atoms with Crippen LogP contribution in [0.25, 0.3) is 0 Å². The molecule has 0 aliphatic rings. The van der Waals surface area contributed by atoms with Crippen LogP contribution in [0.3, 0.4) is 0 Å². The van der Waals surface area contributed by atoms with Gasteiger partial charge < -0.3 is 5.32 Å². The molecule has 0 aliphatic heterocycles. The monoisotopic (exact) mass is 257 g/mol. The van der Waals surface area contributed by atoms with Gasteiger partial charge in [0.25, 0.3) is 0 Å². The first-order chi connectivity index (χ1) is 8.78. The second-order valence-corrected chi connectivity index (χ2v) is 4.28. The summed E-state index contributed by atoms with van der Waals surface area (Å²) in [6.07, 6.45) is 2.53. The number of anilines is 1. The molecule has 18 heavy (non-hydrogen) atoms. The minimum Gasteiger partial charge on any atom is -0.385 e. The Morgan fingerprint density at radius 1 is 1.22 bits per heavy atom. The summed E-state index contributed by atoms with van der Waals surface area (Å²) in [5.74, 6) is 0. The number of aromatic nitrogens is 1. The highest BCUT2D eigenvalue weighted by molar-refractivity contribution is 6.30. The van der Waals surface area contributed by atoms with E-state index in [0.717, 1.165) is 23.7 Å². The Bertz CT molecular complexity index is 558. The van der Waals surface area contributed by atoms with Gasteiger partial charge in [-0.3, -0.25) is 0 Å². The maximum absolute atomic E-state index is 8.74. The Morgan fingerprint density at radius 2 is 2.00 bits per heavy atom. The van der Waals surface area contributed by atoms with Gasteiger partial charge in [0, 0.05) is 23.5 Å². The summed E-state index contributed by atoms with van der Waals surface area (Å²) >= 11 is 5.82. The van der Waals surface area contributed by atoms with E-state index in [-0.39, 0.29) is 0 Å². The molecule has 0 saturated heterocycles. The van der Waals surface area contributed by atoms with Gasteiger partial charge in [0.05, 0.1) is 0 Å². The fourth-order valence-corrected chi connectivity index (χ4v) is 1.73. The topological polar surface area (TPSA) is 48.7 Å². The number of nitrogens with one attached hydrogen (secondary N) is 1. The Kier molecular flexibility index (Phi) is 4.16. The normalized spacial score (nSPS) is 9.78. The quantitative estimate of drug-likeness (QED) is 0.915. The molecule has 1 aromatic heterocycles. The lowest BCUT2D eigenvalue weighted by atomic mass is 10.1. The minimum absolute atomic E-state index is 0.423. The van der Waals surface area contributed by atoms with Crippen molar-refractivity contribution in [2.24, 2.45) is 0 Å². The van der Waals surface area contributed by atoms with E-state index >= 15 is 0 Å². The molecule has 0 radical (unpaired) electrons. The molecule has 1 heterocycles. The third kappa shape index (κ3) is 3.47. The predicted octanol–water partition coefficient (Wildman–Crippen LogP) is 3.26. The molecule has 1 N–H and O–H groups in total. The summed E-state index contributed by atoms with van der Waals surface area (Å²) in [7, 11) is 0. The molecule has 0 aliphatic carbocycles. The fourth-order valence-electron chi connectivity index (χ4n) is 1.60. The second-order valence-electron chi connectivity index (χ2n) is 3.84. The van der Waals surface area contributed by atoms with Crippen LogP contribution in [0, 0.1) is 11.3 Å². The van der Waals surface area contributed by atoms with Crippen LogP contribution in [0.1, 0.15) is 11.3 Å². The Morgan fingerprint density at radius 3 is 2.72 bits per heavy atom. The van der Waals surface area contributed by atoms with Gasteiger partial charge in [0.1, 0.15) is 11.8 Å². The van der Waals surface area contributed by atoms with Gasteiger partial charge in [-0.2, -0.15) is 5.26 Å². The van der Waals surface area contributed by atoms with Gasteiger partial charge in [0.2, 0.25) is 0 Å². The average molecular weight is 258 g/mol. The second kappa shape index (κ2) is 6.04. The number of nitriles is 1. The van der Waals surface area contributed by atoms with E-state index in [4.69, 9.17) is 16.9 Å². The maximum Gasteiger partial charge on any atom is 0.142 e. The zero-order valence-corrected chi connectivity index (χ0v) is 10.5. The van der Waals surface area contributed by atoms with E-state index in [9.17, 15) is 0 Å². The number of pyridine rings is 1. The van der Waals surface area contributed by atoms with Crippen LogP contribution < -0.4 is 5.32 Å². The van der Waals surface area contributed by atoms with E-state index < -0.39 is 0 Å². The molecule has 2 rings (SSSR count). The van der Waals surface area contributed by atoms with Crippen LogP contribution in [0.5, 0.6) is 0 Å². The molecule has 0 spiro atoms. The third-order valence-corrected chi connectivity index (χ3v) is 2.78. The summed E-state index contributed by atoms with van der Waals surface area (Å²) in [5, 5.41) is 12.7. The Hall–Kier alpha value is -2.05. The van der Waals surface area contributed by atoms with E-state index in [0.29, 0.717) is 5.69 Å². The molecule has 0 amide bonds. The summed E-state index contributed by atoms with van der Waals surface area (Å²) in [6, 6.07) is 13.4. The van der Waals surface area contributed by atoms with Crippen LogP contribution >= 0.6 is 11.6 Å². The zero-order chi connectivity index (χ0) is 12.8. The summed E-state index contributed by atoms with van der Waals surface area (Å²) in [5.41, 5.74) is 2.56. The molecule has 90 valence electrons. The van der Waals surface area contributed by atoms with E-state index in [1.807, 2.05) is 36.4 Å². The number of rotatable bonds is 4. The van der Waals surface area contributed by atoms with E-state index in [1.54, 1.807) is 12.3 Å². The fraction of sp³-hybridized carbons (Fsp3) is 0.143. The largest absolute Gasteiger partial charge is 0.385 e. The Labute approximate surface area is 111 Å². The lowest BCUT2D eigenvalue weighted by Crippen LogP contribution is -2.05. The molecule has 0 fully saturated rings. The number of hydrogen-bond donors (Lipinski definition) is 1. The first-order valence-corrected chi connectivity index (χ1v) is 6.00. The first kappa shape index (κ1) is 12.4. The third-order valence-electron chi connectivity index (χ3n) is 2.53. The molecule has 0 saturated carbocycles. The van der Waals surface area contributed by atoms with Crippen LogP contribution in [-0.2, 0) is 6.42 Å². The SMILES string of the molecule is N#Cc1cc(NCCc2ccc(Cl)cc2)ccn1. The summed E-state index contributed by atoms with van der Waals surface area (Å²) in [6.45, 7) is 0.802.